The summed E-state index contributed by atoms with van der Waals surface area (Å²) < 4.78 is 13.9. The van der Waals surface area contributed by atoms with Gasteiger partial charge in [-0.25, -0.2) is 15.0 Å². The Hall–Kier alpha value is -5.99. The molecule has 24 nitrogen and oxygen atoms in total. The number of anilines is 3. The number of rotatable bonds is 7. The minimum atomic E-state index is -2.76. The first kappa shape index (κ1) is 34.1. The Bertz CT molecular complexity index is 2570. The highest BCUT2D eigenvalue weighted by Gasteiger charge is 2.61. The Kier molecular flexibility index (Phi) is 7.75. The molecule has 2 aliphatic heterocycles. The van der Waals surface area contributed by atoms with Crippen molar-refractivity contribution in [1.29, 1.82) is 0 Å². The van der Waals surface area contributed by atoms with E-state index in [2.05, 4.69) is 45.1 Å². The zero-order valence-electron chi connectivity index (χ0n) is 26.9. The molecule has 2 aliphatic rings. The molecule has 53 heavy (non-hydrogen) atoms. The molecule has 0 radical (unpaired) electrons. The quantitative estimate of drug-likeness (QED) is 0.0551. The van der Waals surface area contributed by atoms with E-state index >= 15 is 0 Å². The molecule has 8 atom stereocenters. The Morgan fingerprint density at radius 2 is 1.38 bits per heavy atom. The Balaban J connectivity index is 1.43. The van der Waals surface area contributed by atoms with Gasteiger partial charge in [-0.15, -0.1) is 10.2 Å². The van der Waals surface area contributed by atoms with E-state index in [9.17, 15) is 40.2 Å². The normalized spacial score (nSPS) is 29.0. The summed E-state index contributed by atoms with van der Waals surface area (Å²) in [6.07, 6.45) is -10.2. The van der Waals surface area contributed by atoms with E-state index in [1.54, 1.807) is 24.3 Å². The molecule has 0 unspecified atom stereocenters. The second-order valence-electron chi connectivity index (χ2n) is 12.3. The molecule has 0 amide bonds. The average molecular weight is 735 g/mol. The molecule has 7 heterocycles. The lowest BCUT2D eigenvalue weighted by atomic mass is 10.1. The molecular weight excluding hydrogens is 704 g/mol. The first-order valence-corrected chi connectivity index (χ1v) is 15.7. The highest BCUT2D eigenvalue weighted by atomic mass is 16.6. The van der Waals surface area contributed by atoms with Crippen LogP contribution in [0.25, 0.3) is 44.7 Å². The largest absolute Gasteiger partial charge is 0.399 e. The number of hydrogen-bond donors (Lipinski definition) is 11. The molecular formula is C29H30N14O10. The number of aliphatic hydroxyl groups is 6. The zero-order chi connectivity index (χ0) is 37.6. The summed E-state index contributed by atoms with van der Waals surface area (Å²) in [4.78, 5) is 52.0. The second kappa shape index (κ2) is 12.0. The van der Waals surface area contributed by atoms with Crippen molar-refractivity contribution in [3.8, 4) is 11.5 Å². The van der Waals surface area contributed by atoms with Gasteiger partial charge >= 0.3 is 0 Å². The van der Waals surface area contributed by atoms with Crippen molar-refractivity contribution < 1.29 is 40.1 Å². The molecule has 5 aromatic heterocycles. The zero-order valence-corrected chi connectivity index (χ0v) is 26.9. The molecule has 14 N–H and O–H groups in total. The lowest BCUT2D eigenvalue weighted by Gasteiger charge is -2.33. The van der Waals surface area contributed by atoms with Gasteiger partial charge < -0.3 is 57.3 Å². The van der Waals surface area contributed by atoms with Gasteiger partial charge in [-0.3, -0.25) is 28.7 Å². The predicted molar refractivity (Wildman–Crippen MR) is 179 cm³/mol. The van der Waals surface area contributed by atoms with Crippen molar-refractivity contribution in [2.24, 2.45) is 10.2 Å². The number of fused-ring (bicyclic) bond motifs is 3. The van der Waals surface area contributed by atoms with Gasteiger partial charge in [-0.1, -0.05) is 6.07 Å². The van der Waals surface area contributed by atoms with Crippen LogP contribution in [0, 0.1) is 0 Å². The first-order chi connectivity index (χ1) is 25.3. The molecule has 1 aromatic carbocycles. The minimum absolute atomic E-state index is 0.0488. The fourth-order valence-electron chi connectivity index (χ4n) is 6.54. The summed E-state index contributed by atoms with van der Waals surface area (Å²) in [6, 6.07) is 8.04. The van der Waals surface area contributed by atoms with E-state index in [0.717, 1.165) is 15.5 Å². The highest BCUT2D eigenvalue weighted by Crippen LogP contribution is 2.45. The monoisotopic (exact) mass is 734 g/mol. The van der Waals surface area contributed by atoms with Crippen LogP contribution in [0.2, 0.25) is 0 Å². The number of aliphatic hydroxyl groups excluding tert-OH is 6. The second-order valence-corrected chi connectivity index (χ2v) is 12.3. The van der Waals surface area contributed by atoms with Crippen LogP contribution < -0.4 is 28.3 Å². The van der Waals surface area contributed by atoms with Gasteiger partial charge in [0.2, 0.25) is 11.9 Å². The van der Waals surface area contributed by atoms with Gasteiger partial charge in [0.25, 0.3) is 22.8 Å². The van der Waals surface area contributed by atoms with E-state index in [4.69, 9.17) is 26.7 Å². The van der Waals surface area contributed by atoms with E-state index in [1.807, 2.05) is 0 Å². The standard InChI is InChI=1S/C29H30N14O10/c30-10-2-4-11-9(5-10)1-3-12(34-11)21-35-16-23(37-27(32)39-25(16)51)43(21)29(20(49)18(47)14(7-45)53-29)41-40-28(19(48)17(46)13(6-44)52-28)42-8-33-15-22(42)36-26(31)38-24(15)50/h1-5,8,13-14,17-20,44-49H,6-7,30H2,(H3,31,36,38,50)(H3,32,37,39,51)/t13-,14-,17-,18-,19-,20-,28+,29+/m1/s1. The van der Waals surface area contributed by atoms with Crippen molar-refractivity contribution in [3.63, 3.8) is 0 Å². The number of nitrogens with zero attached hydrogens (tertiary/aromatic N) is 9. The average Bonchev–Trinajstić information content (AvgIpc) is 3.86. The lowest BCUT2D eigenvalue weighted by molar-refractivity contribution is -0.170. The number of ether oxygens (including phenoxy) is 2. The van der Waals surface area contributed by atoms with E-state index in [0.29, 0.717) is 16.6 Å². The third kappa shape index (κ3) is 4.96. The number of nitrogens with two attached hydrogens (primary N) is 3. The minimum Gasteiger partial charge on any atom is -0.399 e. The van der Waals surface area contributed by atoms with Gasteiger partial charge in [-0.05, 0) is 24.3 Å². The van der Waals surface area contributed by atoms with Crippen molar-refractivity contribution in [2.45, 2.75) is 48.3 Å². The number of nitrogen functional groups attached to an aromatic ring is 3. The summed E-state index contributed by atoms with van der Waals surface area (Å²) in [5.74, 6) is -6.45. The summed E-state index contributed by atoms with van der Waals surface area (Å²) >= 11 is 0. The maximum Gasteiger partial charge on any atom is 0.294 e. The number of aromatic amines is 2. The van der Waals surface area contributed by atoms with E-state index < -0.39 is 78.6 Å². The summed E-state index contributed by atoms with van der Waals surface area (Å²) in [7, 11) is 0. The van der Waals surface area contributed by atoms with Gasteiger partial charge in [0.05, 0.1) is 18.7 Å². The molecule has 276 valence electrons. The van der Waals surface area contributed by atoms with E-state index in [-0.39, 0.29) is 39.8 Å². The summed E-state index contributed by atoms with van der Waals surface area (Å²) in [5, 5.41) is 75.0. The van der Waals surface area contributed by atoms with Crippen molar-refractivity contribution >= 4 is 50.8 Å². The maximum absolute atomic E-state index is 13.2. The van der Waals surface area contributed by atoms with Gasteiger partial charge in [-0.2, -0.15) is 9.97 Å². The molecule has 0 bridgehead atoms. The van der Waals surface area contributed by atoms with E-state index in [1.165, 1.54) is 6.07 Å². The fourth-order valence-corrected chi connectivity index (χ4v) is 6.54. The van der Waals surface area contributed by atoms with Crippen molar-refractivity contribution in [1.82, 2.24) is 44.0 Å². The SMILES string of the molecule is Nc1ccc2nc(-c3nc4c(=O)[nH]c(N)nc4n3[C@]3(N=N[C@@]4(n5cnc6c(=O)[nH]c(N)nc65)O[C@H](CO)[C@@H](O)[C@H]4O)O[C@H](CO)[C@@H](O)[C@H]3O)ccc2c1. The molecule has 6 aromatic rings. The third-order valence-electron chi connectivity index (χ3n) is 9.09. The number of azo groups is 1. The van der Waals surface area contributed by atoms with Crippen LogP contribution in [0.3, 0.4) is 0 Å². The van der Waals surface area contributed by atoms with Crippen LogP contribution in [-0.2, 0) is 21.2 Å². The molecule has 24 heteroatoms. The maximum atomic E-state index is 13.2. The molecule has 2 saturated heterocycles. The van der Waals surface area contributed by atoms with Crippen molar-refractivity contribution in [2.75, 3.05) is 30.4 Å². The van der Waals surface area contributed by atoms with Gasteiger partial charge in [0.1, 0.15) is 36.4 Å². The highest BCUT2D eigenvalue weighted by molar-refractivity contribution is 5.85. The number of benzene rings is 1. The number of hydrogen-bond acceptors (Lipinski definition) is 20. The smallest absolute Gasteiger partial charge is 0.294 e. The number of pyridine rings is 1. The Morgan fingerprint density at radius 1 is 0.774 bits per heavy atom. The van der Waals surface area contributed by atoms with Crippen molar-refractivity contribution in [3.05, 3.63) is 57.4 Å². The fraction of sp³-hybridized carbons (Fsp3) is 0.345. The molecule has 8 rings (SSSR count). The molecule has 2 fully saturated rings. The number of H-pyrrole nitrogens is 2. The van der Waals surface area contributed by atoms with Gasteiger partial charge in [0.15, 0.2) is 40.4 Å². The first-order valence-electron chi connectivity index (χ1n) is 15.7. The van der Waals surface area contributed by atoms with Crippen LogP contribution in [0.5, 0.6) is 0 Å². The lowest BCUT2D eigenvalue weighted by Crippen LogP contribution is -2.47. The topological polar surface area (TPSA) is 383 Å². The van der Waals surface area contributed by atoms with Crippen LogP contribution in [-0.4, -0.2) is 124 Å². The summed E-state index contributed by atoms with van der Waals surface area (Å²) in [6.45, 7) is -1.73. The van der Waals surface area contributed by atoms with Crippen LogP contribution in [0.1, 0.15) is 0 Å². The Labute approximate surface area is 292 Å². The number of imidazole rings is 2. The third-order valence-corrected chi connectivity index (χ3v) is 9.09. The predicted octanol–water partition coefficient (Wildman–Crippen LogP) is -3.89. The van der Waals surface area contributed by atoms with Gasteiger partial charge in [0, 0.05) is 11.1 Å². The molecule has 0 spiro atoms. The number of aromatic nitrogens is 9. The Morgan fingerprint density at radius 3 is 2.04 bits per heavy atom. The number of nitrogens with one attached hydrogen (secondary N) is 2. The van der Waals surface area contributed by atoms with Crippen LogP contribution in [0.4, 0.5) is 17.6 Å². The summed E-state index contributed by atoms with van der Waals surface area (Å²) in [5.41, 5.74) is 15.6. The van der Waals surface area contributed by atoms with Crippen LogP contribution in [0.15, 0.2) is 56.5 Å². The van der Waals surface area contributed by atoms with Crippen LogP contribution >= 0.6 is 0 Å². The molecule has 0 saturated carbocycles. The molecule has 0 aliphatic carbocycles.